The summed E-state index contributed by atoms with van der Waals surface area (Å²) in [5.41, 5.74) is 0.689. The molecule has 1 aromatic carbocycles. The highest BCUT2D eigenvalue weighted by Gasteiger charge is 2.22. The van der Waals surface area contributed by atoms with Gasteiger partial charge in [-0.3, -0.25) is 9.89 Å². The lowest BCUT2D eigenvalue weighted by Gasteiger charge is -2.38. The smallest absolute Gasteiger partial charge is 0.225 e. The lowest BCUT2D eigenvalue weighted by Crippen LogP contribution is -2.53. The Morgan fingerprint density at radius 2 is 1.61 bits per heavy atom. The van der Waals surface area contributed by atoms with Crippen molar-refractivity contribution >= 4 is 41.6 Å². The molecule has 0 saturated carbocycles. The van der Waals surface area contributed by atoms with E-state index in [1.54, 1.807) is 18.5 Å². The number of aliphatic imine (C=N–C) groups is 1. The van der Waals surface area contributed by atoms with Gasteiger partial charge in [0.2, 0.25) is 5.95 Å². The number of piperazine rings is 2. The zero-order valence-electron chi connectivity index (χ0n) is 19.2. The summed E-state index contributed by atoms with van der Waals surface area (Å²) in [5, 5.41) is 3.42. The van der Waals surface area contributed by atoms with Gasteiger partial charge in [0.1, 0.15) is 5.82 Å². The number of nitrogens with one attached hydrogen (secondary N) is 1. The van der Waals surface area contributed by atoms with Gasteiger partial charge in [0.05, 0.1) is 12.2 Å². The second-order valence-corrected chi connectivity index (χ2v) is 8.04. The maximum absolute atomic E-state index is 14.1. The van der Waals surface area contributed by atoms with Crippen LogP contribution in [0.5, 0.6) is 0 Å². The Labute approximate surface area is 212 Å². The molecule has 10 heteroatoms. The Kier molecular flexibility index (Phi) is 9.92. The summed E-state index contributed by atoms with van der Waals surface area (Å²) in [4.78, 5) is 22.7. The topological polar surface area (TPSA) is 63.1 Å². The first-order valence-corrected chi connectivity index (χ1v) is 11.5. The molecule has 0 bridgehead atoms. The molecule has 180 valence electrons. The summed E-state index contributed by atoms with van der Waals surface area (Å²) in [7, 11) is 0. The van der Waals surface area contributed by atoms with Gasteiger partial charge in [0.25, 0.3) is 0 Å². The van der Waals surface area contributed by atoms with Gasteiger partial charge in [-0.05, 0) is 25.1 Å². The average molecular weight is 568 g/mol. The predicted octanol–water partition coefficient (Wildman–Crippen LogP) is 2.14. The van der Waals surface area contributed by atoms with Gasteiger partial charge in [0, 0.05) is 77.8 Å². The van der Waals surface area contributed by atoms with Crippen molar-refractivity contribution in [1.82, 2.24) is 25.1 Å². The van der Waals surface area contributed by atoms with E-state index in [4.69, 9.17) is 4.99 Å². The molecule has 2 aliphatic rings. The highest BCUT2D eigenvalue weighted by Crippen LogP contribution is 2.20. The molecule has 2 saturated heterocycles. The Morgan fingerprint density at radius 3 is 2.27 bits per heavy atom. The molecule has 2 aromatic rings. The number of benzene rings is 1. The third kappa shape index (κ3) is 6.89. The zero-order valence-corrected chi connectivity index (χ0v) is 21.6. The summed E-state index contributed by atoms with van der Waals surface area (Å²) in [6, 6.07) is 8.86. The van der Waals surface area contributed by atoms with E-state index >= 15 is 0 Å². The van der Waals surface area contributed by atoms with Gasteiger partial charge >= 0.3 is 0 Å². The van der Waals surface area contributed by atoms with Crippen LogP contribution in [0.4, 0.5) is 16.0 Å². The first-order chi connectivity index (χ1) is 15.7. The molecule has 2 fully saturated rings. The van der Waals surface area contributed by atoms with Gasteiger partial charge < -0.3 is 20.0 Å². The number of anilines is 2. The van der Waals surface area contributed by atoms with Crippen LogP contribution >= 0.6 is 24.0 Å². The number of hydrogen-bond acceptors (Lipinski definition) is 6. The van der Waals surface area contributed by atoms with Crippen LogP contribution in [0.25, 0.3) is 0 Å². The first-order valence-electron chi connectivity index (χ1n) is 11.5. The van der Waals surface area contributed by atoms with Gasteiger partial charge in [0.15, 0.2) is 5.96 Å². The molecule has 2 aliphatic heterocycles. The second-order valence-electron chi connectivity index (χ2n) is 8.04. The number of para-hydroxylation sites is 1. The van der Waals surface area contributed by atoms with E-state index in [9.17, 15) is 4.39 Å². The van der Waals surface area contributed by atoms with Crippen LogP contribution in [0, 0.1) is 5.82 Å². The standard InChI is InChI=1S/C23H33FN8.HI/c1-2-25-22(32-18-16-30(17-19-32)21-7-4-3-6-20(21)24)28-10-11-29-12-14-31(15-13-29)23-26-8-5-9-27-23;/h3-9H,2,10-19H2,1H3,(H,25,28);1H. The molecule has 0 spiro atoms. The zero-order chi connectivity index (χ0) is 22.2. The molecule has 0 aliphatic carbocycles. The molecule has 33 heavy (non-hydrogen) atoms. The Bertz CT molecular complexity index is 868. The second kappa shape index (κ2) is 12.9. The number of rotatable bonds is 6. The van der Waals surface area contributed by atoms with E-state index in [2.05, 4.69) is 41.8 Å². The molecule has 8 nitrogen and oxygen atoms in total. The normalized spacial score (nSPS) is 17.6. The van der Waals surface area contributed by atoms with Crippen molar-refractivity contribution in [3.63, 3.8) is 0 Å². The molecular weight excluding hydrogens is 534 g/mol. The first kappa shape index (κ1) is 25.4. The van der Waals surface area contributed by atoms with Gasteiger partial charge in [-0.15, -0.1) is 24.0 Å². The van der Waals surface area contributed by atoms with Crippen molar-refractivity contribution in [1.29, 1.82) is 0 Å². The van der Waals surface area contributed by atoms with Crippen LogP contribution in [0.3, 0.4) is 0 Å². The highest BCUT2D eigenvalue weighted by atomic mass is 127. The summed E-state index contributed by atoms with van der Waals surface area (Å²) in [5.74, 6) is 1.62. The Hall–Kier alpha value is -2.21. The van der Waals surface area contributed by atoms with E-state index in [0.717, 1.165) is 83.9 Å². The fourth-order valence-corrected chi connectivity index (χ4v) is 4.22. The van der Waals surface area contributed by atoms with Crippen LogP contribution in [0.1, 0.15) is 6.92 Å². The van der Waals surface area contributed by atoms with Gasteiger partial charge in [-0.2, -0.15) is 0 Å². The molecule has 0 unspecified atom stereocenters. The fraction of sp³-hybridized carbons (Fsp3) is 0.522. The lowest BCUT2D eigenvalue weighted by atomic mass is 10.2. The highest BCUT2D eigenvalue weighted by molar-refractivity contribution is 14.0. The van der Waals surface area contributed by atoms with Gasteiger partial charge in [-0.25, -0.2) is 14.4 Å². The predicted molar refractivity (Wildman–Crippen MR) is 142 cm³/mol. The van der Waals surface area contributed by atoms with Crippen molar-refractivity contribution in [2.75, 3.05) is 81.8 Å². The number of halogens is 2. The van der Waals surface area contributed by atoms with E-state index in [-0.39, 0.29) is 29.8 Å². The molecule has 1 N–H and O–H groups in total. The van der Waals surface area contributed by atoms with E-state index in [1.807, 2.05) is 18.2 Å². The van der Waals surface area contributed by atoms with E-state index in [0.29, 0.717) is 5.69 Å². The Balaban J connectivity index is 0.00000306. The summed E-state index contributed by atoms with van der Waals surface area (Å²) in [6.07, 6.45) is 3.59. The molecule has 0 atom stereocenters. The van der Waals surface area contributed by atoms with Crippen molar-refractivity contribution < 1.29 is 4.39 Å². The molecule has 4 rings (SSSR count). The molecule has 1 aromatic heterocycles. The summed E-state index contributed by atoms with van der Waals surface area (Å²) in [6.45, 7) is 11.7. The lowest BCUT2D eigenvalue weighted by molar-refractivity contribution is 0.263. The number of guanidine groups is 1. The van der Waals surface area contributed by atoms with E-state index in [1.165, 1.54) is 6.07 Å². The Morgan fingerprint density at radius 1 is 0.939 bits per heavy atom. The number of aromatic nitrogens is 2. The van der Waals surface area contributed by atoms with Crippen molar-refractivity contribution in [3.8, 4) is 0 Å². The minimum atomic E-state index is -0.152. The van der Waals surface area contributed by atoms with Gasteiger partial charge in [-0.1, -0.05) is 12.1 Å². The maximum Gasteiger partial charge on any atom is 0.225 e. The van der Waals surface area contributed by atoms with Crippen LogP contribution < -0.4 is 15.1 Å². The number of hydrogen-bond donors (Lipinski definition) is 1. The minimum Gasteiger partial charge on any atom is -0.366 e. The largest absolute Gasteiger partial charge is 0.366 e. The van der Waals surface area contributed by atoms with Crippen molar-refractivity contribution in [2.45, 2.75) is 6.92 Å². The monoisotopic (exact) mass is 568 g/mol. The van der Waals surface area contributed by atoms with Crippen LogP contribution in [0.2, 0.25) is 0 Å². The van der Waals surface area contributed by atoms with Crippen molar-refractivity contribution in [2.24, 2.45) is 4.99 Å². The van der Waals surface area contributed by atoms with Crippen LogP contribution in [0.15, 0.2) is 47.7 Å². The molecular formula is C23H34FIN8. The fourth-order valence-electron chi connectivity index (χ4n) is 4.22. The minimum absolute atomic E-state index is 0. The molecule has 0 amide bonds. The maximum atomic E-state index is 14.1. The molecule has 0 radical (unpaired) electrons. The average Bonchev–Trinajstić information content (AvgIpc) is 2.85. The third-order valence-electron chi connectivity index (χ3n) is 5.99. The van der Waals surface area contributed by atoms with Crippen LogP contribution in [-0.2, 0) is 0 Å². The van der Waals surface area contributed by atoms with Crippen LogP contribution in [-0.4, -0.2) is 97.7 Å². The quantitative estimate of drug-likeness (QED) is 0.326. The summed E-state index contributed by atoms with van der Waals surface area (Å²) >= 11 is 0. The third-order valence-corrected chi connectivity index (χ3v) is 5.99. The number of nitrogens with zero attached hydrogens (tertiary/aromatic N) is 7. The van der Waals surface area contributed by atoms with E-state index < -0.39 is 0 Å². The summed E-state index contributed by atoms with van der Waals surface area (Å²) < 4.78 is 14.1. The molecule has 3 heterocycles. The SMILES string of the molecule is CCNC(=NCCN1CCN(c2ncccn2)CC1)N1CCN(c2ccccc2F)CC1.I. The van der Waals surface area contributed by atoms with Crippen molar-refractivity contribution in [3.05, 3.63) is 48.5 Å².